The highest BCUT2D eigenvalue weighted by molar-refractivity contribution is 6.07. The van der Waals surface area contributed by atoms with Crippen molar-refractivity contribution in [1.82, 2.24) is 5.43 Å². The van der Waals surface area contributed by atoms with E-state index in [0.29, 0.717) is 17.1 Å². The van der Waals surface area contributed by atoms with E-state index in [0.717, 1.165) is 22.3 Å². The van der Waals surface area contributed by atoms with Crippen molar-refractivity contribution in [3.63, 3.8) is 0 Å². The maximum absolute atomic E-state index is 12.9. The lowest BCUT2D eigenvalue weighted by Crippen LogP contribution is -2.31. The summed E-state index contributed by atoms with van der Waals surface area (Å²) in [6.45, 7) is 7.66. The molecule has 0 aliphatic heterocycles. The molecule has 0 fully saturated rings. The number of rotatable bonds is 8. The van der Waals surface area contributed by atoms with Crippen LogP contribution in [0.1, 0.15) is 22.3 Å². The van der Waals surface area contributed by atoms with E-state index in [4.69, 9.17) is 0 Å². The lowest BCUT2D eigenvalue weighted by atomic mass is 10.1. The number of carbonyl (C=O) groups is 2. The van der Waals surface area contributed by atoms with Crippen molar-refractivity contribution in [2.24, 2.45) is 0 Å². The third-order valence-electron chi connectivity index (χ3n) is 5.33. The molecule has 0 saturated heterocycles. The molecule has 0 atom stereocenters. The van der Waals surface area contributed by atoms with Gasteiger partial charge >= 0.3 is 0 Å². The normalized spacial score (nSPS) is 11.1. The quantitative estimate of drug-likeness (QED) is 0.217. The lowest BCUT2D eigenvalue weighted by molar-refractivity contribution is -0.113. The van der Waals surface area contributed by atoms with Crippen molar-refractivity contribution < 1.29 is 9.59 Å². The summed E-state index contributed by atoms with van der Waals surface area (Å²) in [5.74, 6) is -1.20. The number of nitrogens with one attached hydrogen (secondary N) is 3. The van der Waals surface area contributed by atoms with Crippen LogP contribution >= 0.6 is 0 Å². The van der Waals surface area contributed by atoms with E-state index in [-0.39, 0.29) is 11.1 Å². The third kappa shape index (κ3) is 7.58. The monoisotopic (exact) mass is 504 g/mol. The molecule has 3 N–H and O–H groups in total. The zero-order chi connectivity index (χ0) is 27.7. The Bertz CT molecular complexity index is 1450. The van der Waals surface area contributed by atoms with E-state index in [1.807, 2.05) is 70.2 Å². The van der Waals surface area contributed by atoms with Crippen LogP contribution < -0.4 is 21.1 Å². The van der Waals surface area contributed by atoms with Crippen LogP contribution in [0.5, 0.6) is 0 Å². The second-order valence-electron chi connectivity index (χ2n) is 8.82. The highest BCUT2D eigenvalue weighted by Crippen LogP contribution is 2.18. The van der Waals surface area contributed by atoms with Crippen molar-refractivity contribution in [2.45, 2.75) is 27.7 Å². The Hall–Kier alpha value is -5.34. The highest BCUT2D eigenvalue weighted by Gasteiger charge is 2.15. The van der Waals surface area contributed by atoms with E-state index < -0.39 is 11.8 Å². The number of hydrogen-bond acceptors (Lipinski definition) is 6. The molecule has 0 saturated carbocycles. The molecule has 0 aliphatic rings. The van der Waals surface area contributed by atoms with Gasteiger partial charge in [0.2, 0.25) is 0 Å². The molecular weight excluding hydrogens is 476 g/mol. The molecule has 0 heterocycles. The molecule has 3 aromatic rings. The van der Waals surface area contributed by atoms with Gasteiger partial charge in [0.1, 0.15) is 23.3 Å². The lowest BCUT2D eigenvalue weighted by Gasteiger charge is -2.21. The minimum atomic E-state index is -0.602. The standard InChI is InChI=1S/C30H28N6O2/c1-20-10-21(2)13-26(12-20)34-29(37)24(16-31)18-33-36(28-8-6-5-7-9-28)19-25(17-32)30(38)35-27-14-22(3)11-23(4)15-27/h5-15,18-19,33H,1-4H3,(H,34,37)(H,35,38)/b24-18+,25-19+. The summed E-state index contributed by atoms with van der Waals surface area (Å²) < 4.78 is 0. The van der Waals surface area contributed by atoms with Gasteiger partial charge in [0.15, 0.2) is 0 Å². The van der Waals surface area contributed by atoms with Crippen molar-refractivity contribution in [3.05, 3.63) is 113 Å². The number of hydrogen-bond donors (Lipinski definition) is 3. The largest absolute Gasteiger partial charge is 0.321 e. The highest BCUT2D eigenvalue weighted by atomic mass is 16.2. The van der Waals surface area contributed by atoms with Gasteiger partial charge in [-0.3, -0.25) is 14.6 Å². The number of benzene rings is 3. The van der Waals surface area contributed by atoms with Gasteiger partial charge in [-0.15, -0.1) is 0 Å². The second-order valence-corrected chi connectivity index (χ2v) is 8.82. The molecule has 0 aromatic heterocycles. The Kier molecular flexibility index (Phi) is 9.01. The Balaban J connectivity index is 1.87. The minimum Gasteiger partial charge on any atom is -0.321 e. The molecule has 0 unspecified atom stereocenters. The van der Waals surface area contributed by atoms with Gasteiger partial charge < -0.3 is 16.1 Å². The topological polar surface area (TPSA) is 121 Å². The molecular formula is C30H28N6O2. The molecule has 38 heavy (non-hydrogen) atoms. The number of anilines is 3. The van der Waals surface area contributed by atoms with Crippen LogP contribution in [0.15, 0.2) is 90.3 Å². The minimum absolute atomic E-state index is 0.188. The fourth-order valence-corrected chi connectivity index (χ4v) is 3.82. The van der Waals surface area contributed by atoms with Crippen molar-refractivity contribution in [3.8, 4) is 12.1 Å². The Labute approximate surface area is 222 Å². The first-order chi connectivity index (χ1) is 18.2. The Morgan fingerprint density at radius 3 is 1.61 bits per heavy atom. The zero-order valence-electron chi connectivity index (χ0n) is 21.7. The number of amides is 2. The molecule has 0 spiro atoms. The average Bonchev–Trinajstić information content (AvgIpc) is 2.85. The van der Waals surface area contributed by atoms with Crippen LogP contribution in [-0.4, -0.2) is 11.8 Å². The van der Waals surface area contributed by atoms with Crippen molar-refractivity contribution >= 4 is 28.9 Å². The molecule has 190 valence electrons. The number of para-hydroxylation sites is 1. The van der Waals surface area contributed by atoms with Crippen LogP contribution in [0.25, 0.3) is 0 Å². The molecule has 0 aliphatic carbocycles. The summed E-state index contributed by atoms with van der Waals surface area (Å²) in [5.41, 5.74) is 8.09. The summed E-state index contributed by atoms with van der Waals surface area (Å²) in [7, 11) is 0. The average molecular weight is 505 g/mol. The molecule has 2 amide bonds. The van der Waals surface area contributed by atoms with Crippen LogP contribution in [0.4, 0.5) is 17.1 Å². The van der Waals surface area contributed by atoms with Gasteiger partial charge in [0.25, 0.3) is 11.8 Å². The summed E-state index contributed by atoms with van der Waals surface area (Å²) in [5, 5.41) is 26.2. The zero-order valence-corrected chi connectivity index (χ0v) is 21.7. The number of nitriles is 2. The fraction of sp³-hybridized carbons (Fsp3) is 0.133. The number of carbonyl (C=O) groups excluding carboxylic acids is 2. The van der Waals surface area contributed by atoms with Crippen LogP contribution in [0.2, 0.25) is 0 Å². The second kappa shape index (κ2) is 12.6. The van der Waals surface area contributed by atoms with E-state index in [1.165, 1.54) is 17.4 Å². The first-order valence-electron chi connectivity index (χ1n) is 11.8. The van der Waals surface area contributed by atoms with E-state index in [1.54, 1.807) is 36.4 Å². The number of aryl methyl sites for hydroxylation is 4. The summed E-state index contributed by atoms with van der Waals surface area (Å²) in [6.07, 6.45) is 2.53. The molecule has 8 nitrogen and oxygen atoms in total. The summed E-state index contributed by atoms with van der Waals surface area (Å²) in [4.78, 5) is 25.7. The smallest absolute Gasteiger partial charge is 0.267 e. The summed E-state index contributed by atoms with van der Waals surface area (Å²) in [6, 6.07) is 23.9. The van der Waals surface area contributed by atoms with E-state index in [9.17, 15) is 20.1 Å². The SMILES string of the molecule is Cc1cc(C)cc(NC(=O)/C(C#N)=C/NN(/C=C(\C#N)C(=O)Nc2cc(C)cc(C)c2)c2ccccc2)c1. The van der Waals surface area contributed by atoms with Crippen LogP contribution in [-0.2, 0) is 9.59 Å². The van der Waals surface area contributed by atoms with E-state index in [2.05, 4.69) is 16.1 Å². The van der Waals surface area contributed by atoms with Gasteiger partial charge in [-0.25, -0.2) is 0 Å². The molecule has 0 bridgehead atoms. The number of hydrazine groups is 1. The first-order valence-corrected chi connectivity index (χ1v) is 11.8. The van der Waals surface area contributed by atoms with Gasteiger partial charge in [-0.05, 0) is 86.3 Å². The van der Waals surface area contributed by atoms with Gasteiger partial charge in [0.05, 0.1) is 11.9 Å². The molecule has 8 heteroatoms. The van der Waals surface area contributed by atoms with Gasteiger partial charge in [-0.1, -0.05) is 30.3 Å². The fourth-order valence-electron chi connectivity index (χ4n) is 3.82. The Morgan fingerprint density at radius 1 is 0.711 bits per heavy atom. The maximum Gasteiger partial charge on any atom is 0.267 e. The summed E-state index contributed by atoms with van der Waals surface area (Å²) >= 11 is 0. The van der Waals surface area contributed by atoms with Crippen molar-refractivity contribution in [2.75, 3.05) is 15.6 Å². The van der Waals surface area contributed by atoms with Crippen LogP contribution in [0.3, 0.4) is 0 Å². The van der Waals surface area contributed by atoms with Gasteiger partial charge in [0, 0.05) is 17.6 Å². The molecule has 0 radical (unpaired) electrons. The number of nitrogens with zero attached hydrogens (tertiary/aromatic N) is 3. The van der Waals surface area contributed by atoms with Crippen molar-refractivity contribution in [1.29, 1.82) is 10.5 Å². The predicted octanol–water partition coefficient (Wildman–Crippen LogP) is 5.32. The van der Waals surface area contributed by atoms with E-state index >= 15 is 0 Å². The Morgan fingerprint density at radius 2 is 1.16 bits per heavy atom. The van der Waals surface area contributed by atoms with Gasteiger partial charge in [-0.2, -0.15) is 10.5 Å². The predicted molar refractivity (Wildman–Crippen MR) is 149 cm³/mol. The van der Waals surface area contributed by atoms with Crippen LogP contribution in [0, 0.1) is 50.4 Å². The molecule has 3 aromatic carbocycles. The maximum atomic E-state index is 12.9. The first kappa shape index (κ1) is 27.3. The third-order valence-corrected chi connectivity index (χ3v) is 5.33. The molecule has 3 rings (SSSR count).